The molecule has 5 fully saturated rings. The smallest absolute Gasteiger partial charge is 0.100 e. The van der Waals surface area contributed by atoms with Crippen LogP contribution in [-0.2, 0) is 4.74 Å². The lowest BCUT2D eigenvalue weighted by molar-refractivity contribution is -0.128. The van der Waals surface area contributed by atoms with E-state index in [1.807, 2.05) is 0 Å². The first-order chi connectivity index (χ1) is 10.9. The van der Waals surface area contributed by atoms with Crippen LogP contribution in [0.1, 0.15) is 78.6 Å². The van der Waals surface area contributed by atoms with Gasteiger partial charge >= 0.3 is 0 Å². The molecule has 0 radical (unpaired) electrons. The number of hydrogen-bond donors (Lipinski definition) is 1. The molecule has 0 bridgehead atoms. The first kappa shape index (κ1) is 15.2. The van der Waals surface area contributed by atoms with Crippen molar-refractivity contribution in [3.8, 4) is 0 Å². The molecule has 130 valence electrons. The zero-order valence-corrected chi connectivity index (χ0v) is 15.2. The van der Waals surface area contributed by atoms with Gasteiger partial charge in [-0.25, -0.2) is 0 Å². The van der Waals surface area contributed by atoms with E-state index in [0.29, 0.717) is 16.9 Å². The molecule has 0 unspecified atom stereocenters. The lowest BCUT2D eigenvalue weighted by Crippen LogP contribution is -2.55. The van der Waals surface area contributed by atoms with E-state index in [0.717, 1.165) is 36.5 Å². The highest BCUT2D eigenvalue weighted by Gasteiger charge is 2.73. The Bertz CT molecular complexity index is 518. The summed E-state index contributed by atoms with van der Waals surface area (Å²) in [6.07, 6.45) is 12.2. The van der Waals surface area contributed by atoms with E-state index in [2.05, 4.69) is 20.8 Å². The average molecular weight is 319 g/mol. The molecule has 4 saturated carbocycles. The predicted molar refractivity (Wildman–Crippen MR) is 91.0 cm³/mol. The normalized spacial score (nSPS) is 64.2. The molecule has 4 aliphatic carbocycles. The van der Waals surface area contributed by atoms with Gasteiger partial charge in [0.25, 0.3) is 0 Å². The zero-order chi connectivity index (χ0) is 16.0. The van der Waals surface area contributed by atoms with Gasteiger partial charge in [-0.05, 0) is 93.8 Å². The molecular weight excluding hydrogens is 284 g/mol. The van der Waals surface area contributed by atoms with Crippen molar-refractivity contribution < 1.29 is 9.84 Å². The van der Waals surface area contributed by atoms with Gasteiger partial charge in [0.05, 0.1) is 12.2 Å². The van der Waals surface area contributed by atoms with Crippen molar-refractivity contribution in [2.45, 2.75) is 96.4 Å². The van der Waals surface area contributed by atoms with Crippen molar-refractivity contribution in [3.63, 3.8) is 0 Å². The van der Waals surface area contributed by atoms with Crippen LogP contribution in [0.2, 0.25) is 0 Å². The SMILES string of the molecule is C[C@H]1O[C@@]12CC[C@H]1[C@@H]3CC[C@H]4C[C@H](O)CC[C@]4(C)[C@H]3CC[C@@]12C. The van der Waals surface area contributed by atoms with E-state index >= 15 is 0 Å². The minimum atomic E-state index is -0.0195. The summed E-state index contributed by atoms with van der Waals surface area (Å²) >= 11 is 0. The van der Waals surface area contributed by atoms with Gasteiger partial charge in [0.15, 0.2) is 0 Å². The molecule has 0 aromatic heterocycles. The molecule has 1 heterocycles. The van der Waals surface area contributed by atoms with Gasteiger partial charge in [-0.3, -0.25) is 0 Å². The van der Waals surface area contributed by atoms with Crippen LogP contribution >= 0.6 is 0 Å². The standard InChI is InChI=1S/C21H34O2/c1-13-21(23-13)11-8-18-16-5-4-14-12-15(22)6-9-19(14,2)17(16)7-10-20(18,21)3/h13-18,22H,4-12H2,1-3H3/t13-,14+,15-,16-,17+,18+,19+,20+,21+/m1/s1. The lowest BCUT2D eigenvalue weighted by atomic mass is 9.44. The molecule has 2 heteroatoms. The van der Waals surface area contributed by atoms with Crippen LogP contribution in [0.5, 0.6) is 0 Å². The van der Waals surface area contributed by atoms with Crippen LogP contribution in [0, 0.1) is 34.5 Å². The van der Waals surface area contributed by atoms with Gasteiger partial charge in [0.2, 0.25) is 0 Å². The number of hydrogen-bond acceptors (Lipinski definition) is 2. The molecule has 1 N–H and O–H groups in total. The topological polar surface area (TPSA) is 32.8 Å². The quantitative estimate of drug-likeness (QED) is 0.665. The molecule has 5 rings (SSSR count). The zero-order valence-electron chi connectivity index (χ0n) is 15.2. The number of aliphatic hydroxyl groups excluding tert-OH is 1. The third-order valence-electron chi connectivity index (χ3n) is 9.81. The summed E-state index contributed by atoms with van der Waals surface area (Å²) in [4.78, 5) is 0. The summed E-state index contributed by atoms with van der Waals surface area (Å²) in [6, 6.07) is 0. The maximum absolute atomic E-state index is 10.1. The molecule has 0 aromatic rings. The van der Waals surface area contributed by atoms with Gasteiger partial charge < -0.3 is 9.84 Å². The van der Waals surface area contributed by atoms with Crippen molar-refractivity contribution in [2.24, 2.45) is 34.5 Å². The molecule has 0 aromatic carbocycles. The number of epoxide rings is 1. The second-order valence-electron chi connectivity index (χ2n) is 10.2. The van der Waals surface area contributed by atoms with Crippen LogP contribution in [-0.4, -0.2) is 22.9 Å². The third-order valence-corrected chi connectivity index (χ3v) is 9.81. The molecule has 1 spiro atoms. The molecule has 1 aliphatic heterocycles. The number of rotatable bonds is 0. The first-order valence-corrected chi connectivity index (χ1v) is 10.3. The van der Waals surface area contributed by atoms with E-state index in [9.17, 15) is 5.11 Å². The third kappa shape index (κ3) is 1.73. The second kappa shape index (κ2) is 4.55. The highest BCUT2D eigenvalue weighted by Crippen LogP contribution is 2.72. The maximum atomic E-state index is 10.1. The van der Waals surface area contributed by atoms with Crippen molar-refractivity contribution in [1.29, 1.82) is 0 Å². The number of ether oxygens (including phenoxy) is 1. The molecule has 2 nitrogen and oxygen atoms in total. The molecule has 0 amide bonds. The summed E-state index contributed by atoms with van der Waals surface area (Å²) in [6.45, 7) is 7.47. The Morgan fingerprint density at radius 2 is 1.65 bits per heavy atom. The summed E-state index contributed by atoms with van der Waals surface area (Å²) < 4.78 is 6.23. The highest BCUT2D eigenvalue weighted by atomic mass is 16.6. The minimum Gasteiger partial charge on any atom is -0.393 e. The van der Waals surface area contributed by atoms with Crippen LogP contribution in [0.4, 0.5) is 0 Å². The van der Waals surface area contributed by atoms with E-state index in [-0.39, 0.29) is 11.7 Å². The van der Waals surface area contributed by atoms with Gasteiger partial charge in [-0.15, -0.1) is 0 Å². The lowest BCUT2D eigenvalue weighted by Gasteiger charge is -2.60. The molecule has 1 saturated heterocycles. The predicted octanol–water partition coefficient (Wildman–Crippen LogP) is 4.55. The Morgan fingerprint density at radius 1 is 0.913 bits per heavy atom. The highest BCUT2D eigenvalue weighted by molar-refractivity contribution is 5.21. The van der Waals surface area contributed by atoms with Crippen molar-refractivity contribution >= 4 is 0 Å². The summed E-state index contributed by atoms with van der Waals surface area (Å²) in [5.74, 6) is 3.52. The monoisotopic (exact) mass is 318 g/mol. The summed E-state index contributed by atoms with van der Waals surface area (Å²) in [5, 5.41) is 10.1. The summed E-state index contributed by atoms with van der Waals surface area (Å²) in [7, 11) is 0. The van der Waals surface area contributed by atoms with Gasteiger partial charge in [-0.2, -0.15) is 0 Å². The fourth-order valence-corrected chi connectivity index (χ4v) is 8.41. The van der Waals surface area contributed by atoms with E-state index in [1.54, 1.807) is 0 Å². The van der Waals surface area contributed by atoms with Crippen LogP contribution in [0.3, 0.4) is 0 Å². The largest absolute Gasteiger partial charge is 0.393 e. The van der Waals surface area contributed by atoms with E-state index in [1.165, 1.54) is 44.9 Å². The van der Waals surface area contributed by atoms with Crippen molar-refractivity contribution in [3.05, 3.63) is 0 Å². The van der Waals surface area contributed by atoms with Gasteiger partial charge in [0.1, 0.15) is 5.60 Å². The Kier molecular flexibility index (Phi) is 3.01. The average Bonchev–Trinajstić information content (AvgIpc) is 3.08. The first-order valence-electron chi connectivity index (χ1n) is 10.3. The van der Waals surface area contributed by atoms with Crippen LogP contribution in [0.15, 0.2) is 0 Å². The van der Waals surface area contributed by atoms with Crippen molar-refractivity contribution in [1.82, 2.24) is 0 Å². The number of aliphatic hydroxyl groups is 1. The van der Waals surface area contributed by atoms with E-state index in [4.69, 9.17) is 4.74 Å². The maximum Gasteiger partial charge on any atom is 0.100 e. The fourth-order valence-electron chi connectivity index (χ4n) is 8.41. The van der Waals surface area contributed by atoms with Crippen molar-refractivity contribution in [2.75, 3.05) is 0 Å². The molecule has 23 heavy (non-hydrogen) atoms. The fraction of sp³-hybridized carbons (Fsp3) is 1.00. The second-order valence-corrected chi connectivity index (χ2v) is 10.2. The Morgan fingerprint density at radius 3 is 2.39 bits per heavy atom. The summed E-state index contributed by atoms with van der Waals surface area (Å²) in [5.41, 5.74) is 1.21. The Hall–Kier alpha value is -0.0800. The molecule has 5 aliphatic rings. The molecule has 9 atom stereocenters. The van der Waals surface area contributed by atoms with Crippen LogP contribution < -0.4 is 0 Å². The number of fused-ring (bicyclic) bond motifs is 6. The van der Waals surface area contributed by atoms with Crippen LogP contribution in [0.25, 0.3) is 0 Å². The minimum absolute atomic E-state index is 0.0195. The van der Waals surface area contributed by atoms with Gasteiger partial charge in [0, 0.05) is 5.41 Å². The Labute approximate surface area is 141 Å². The van der Waals surface area contributed by atoms with Gasteiger partial charge in [-0.1, -0.05) is 13.8 Å². The molecular formula is C21H34O2. The van der Waals surface area contributed by atoms with E-state index < -0.39 is 0 Å². The Balaban J connectivity index is 1.45.